The Hall–Kier alpha value is -1.01. The molecule has 1 aliphatic carbocycles. The second-order valence-electron chi connectivity index (χ2n) is 2.56. The predicted molar refractivity (Wildman–Crippen MR) is 42.1 cm³/mol. The van der Waals surface area contributed by atoms with Gasteiger partial charge in [0.15, 0.2) is 0 Å². The molecule has 0 heterocycles. The first-order valence-corrected chi connectivity index (χ1v) is 3.87. The van der Waals surface area contributed by atoms with Crippen LogP contribution in [0.4, 0.5) is 0 Å². The molecular formula is C9H12O2. The summed E-state index contributed by atoms with van der Waals surface area (Å²) < 4.78 is 4.59. The Bertz CT molecular complexity index is 210. The van der Waals surface area contributed by atoms with Crippen LogP contribution in [0.5, 0.6) is 0 Å². The molecule has 11 heavy (non-hydrogen) atoms. The molecule has 0 unspecified atom stereocenters. The molecule has 0 N–H and O–H groups in total. The highest BCUT2D eigenvalue weighted by Crippen LogP contribution is 2.13. The molecule has 0 aromatic rings. The fourth-order valence-corrected chi connectivity index (χ4v) is 1.10. The highest BCUT2D eigenvalue weighted by molar-refractivity contribution is 5.88. The molecule has 0 bridgehead atoms. The van der Waals surface area contributed by atoms with Crippen molar-refractivity contribution < 1.29 is 9.53 Å². The van der Waals surface area contributed by atoms with Crippen molar-refractivity contribution in [2.45, 2.75) is 25.7 Å². The van der Waals surface area contributed by atoms with E-state index in [0.29, 0.717) is 5.57 Å². The number of carbonyl (C=O) groups excluding carboxylic acids is 1. The summed E-state index contributed by atoms with van der Waals surface area (Å²) in [6.07, 6.45) is 5.96. The molecule has 0 aromatic carbocycles. The Kier molecular flexibility index (Phi) is 2.94. The summed E-state index contributed by atoms with van der Waals surface area (Å²) in [7, 11) is 1.40. The number of rotatable bonds is 1. The molecule has 2 heteroatoms. The van der Waals surface area contributed by atoms with Gasteiger partial charge in [0.05, 0.1) is 12.7 Å². The number of hydrogen-bond donors (Lipinski definition) is 0. The number of methoxy groups -OCH3 is 1. The predicted octanol–water partition coefficient (Wildman–Crippen LogP) is 1.81. The third kappa shape index (κ3) is 2.24. The van der Waals surface area contributed by atoms with Gasteiger partial charge in [0.25, 0.3) is 0 Å². The van der Waals surface area contributed by atoms with E-state index < -0.39 is 0 Å². The van der Waals surface area contributed by atoms with Gasteiger partial charge in [-0.3, -0.25) is 0 Å². The number of ether oxygens (including phenoxy) is 1. The van der Waals surface area contributed by atoms with Crippen molar-refractivity contribution in [1.82, 2.24) is 0 Å². The molecule has 0 spiro atoms. The molecule has 0 fully saturated rings. The number of hydrogen-bond acceptors (Lipinski definition) is 2. The third-order valence-electron chi connectivity index (χ3n) is 1.73. The van der Waals surface area contributed by atoms with Crippen LogP contribution in [0.1, 0.15) is 25.7 Å². The van der Waals surface area contributed by atoms with Crippen LogP contribution in [0.2, 0.25) is 0 Å². The van der Waals surface area contributed by atoms with Crippen LogP contribution < -0.4 is 0 Å². The van der Waals surface area contributed by atoms with E-state index in [4.69, 9.17) is 0 Å². The van der Waals surface area contributed by atoms with E-state index in [1.165, 1.54) is 7.11 Å². The van der Waals surface area contributed by atoms with Crippen molar-refractivity contribution in [3.05, 3.63) is 17.4 Å². The molecule has 0 amide bonds. The van der Waals surface area contributed by atoms with Crippen LogP contribution in [-0.2, 0) is 9.53 Å². The zero-order chi connectivity index (χ0) is 8.10. The van der Waals surface area contributed by atoms with Gasteiger partial charge in [-0.25, -0.2) is 4.79 Å². The maximum absolute atomic E-state index is 11.0. The van der Waals surface area contributed by atoms with Crippen molar-refractivity contribution in [2.75, 3.05) is 7.11 Å². The number of carbonyl (C=O) groups is 1. The standard InChI is InChI=1S/C9H12O2/c1-11-9(10)8-6-4-2-3-5-7-8/h4H,2-3,5,7H2,1H3. The average molecular weight is 152 g/mol. The van der Waals surface area contributed by atoms with Gasteiger partial charge in [0.2, 0.25) is 0 Å². The van der Waals surface area contributed by atoms with Gasteiger partial charge < -0.3 is 4.74 Å². The maximum Gasteiger partial charge on any atom is 0.341 e. The summed E-state index contributed by atoms with van der Waals surface area (Å²) in [5, 5.41) is 0. The molecule has 2 nitrogen and oxygen atoms in total. The van der Waals surface area contributed by atoms with Crippen LogP contribution in [-0.4, -0.2) is 13.1 Å². The highest BCUT2D eigenvalue weighted by Gasteiger charge is 2.08. The summed E-state index contributed by atoms with van der Waals surface area (Å²) in [5.74, 6) is -0.233. The third-order valence-corrected chi connectivity index (χ3v) is 1.73. The minimum absolute atomic E-state index is 0.233. The monoisotopic (exact) mass is 152 g/mol. The van der Waals surface area contributed by atoms with E-state index in [1.54, 1.807) is 0 Å². The lowest BCUT2D eigenvalue weighted by molar-refractivity contribution is -0.136. The topological polar surface area (TPSA) is 26.3 Å². The maximum atomic E-state index is 11.0. The van der Waals surface area contributed by atoms with Crippen molar-refractivity contribution in [3.63, 3.8) is 0 Å². The van der Waals surface area contributed by atoms with Crippen molar-refractivity contribution >= 4 is 5.97 Å². The quantitative estimate of drug-likeness (QED) is 0.423. The molecule has 0 aromatic heterocycles. The Labute approximate surface area is 66.5 Å². The normalized spacial score (nSPS) is 17.0. The van der Waals surface area contributed by atoms with Gasteiger partial charge in [-0.1, -0.05) is 0 Å². The summed E-state index contributed by atoms with van der Waals surface area (Å²) >= 11 is 0. The summed E-state index contributed by atoms with van der Waals surface area (Å²) in [6.45, 7) is 0. The van der Waals surface area contributed by atoms with Crippen molar-refractivity contribution in [2.24, 2.45) is 0 Å². The lowest BCUT2D eigenvalue weighted by Gasteiger charge is -1.98. The first-order chi connectivity index (χ1) is 5.34. The molecule has 0 saturated heterocycles. The van der Waals surface area contributed by atoms with E-state index >= 15 is 0 Å². The number of esters is 1. The van der Waals surface area contributed by atoms with Crippen LogP contribution in [0, 0.1) is 0 Å². The van der Waals surface area contributed by atoms with Gasteiger partial charge in [-0.2, -0.15) is 0 Å². The lowest BCUT2D eigenvalue weighted by Crippen LogP contribution is -2.03. The molecule has 1 rings (SSSR count). The zero-order valence-electron chi connectivity index (χ0n) is 6.72. The Morgan fingerprint density at radius 1 is 1.64 bits per heavy atom. The fourth-order valence-electron chi connectivity index (χ4n) is 1.10. The van der Waals surface area contributed by atoms with Crippen LogP contribution >= 0.6 is 0 Å². The van der Waals surface area contributed by atoms with E-state index in [0.717, 1.165) is 25.7 Å². The van der Waals surface area contributed by atoms with Crippen molar-refractivity contribution in [3.8, 4) is 0 Å². The summed E-state index contributed by atoms with van der Waals surface area (Å²) in [5.41, 5.74) is 3.63. The van der Waals surface area contributed by atoms with E-state index in [-0.39, 0.29) is 5.97 Å². The average Bonchev–Trinajstić information content (AvgIpc) is 2.30. The van der Waals surface area contributed by atoms with Crippen LogP contribution in [0.15, 0.2) is 17.4 Å². The van der Waals surface area contributed by atoms with Gasteiger partial charge in [-0.15, -0.1) is 5.73 Å². The molecule has 0 aliphatic heterocycles. The summed E-state index contributed by atoms with van der Waals surface area (Å²) in [4.78, 5) is 11.0. The Morgan fingerprint density at radius 3 is 3.18 bits per heavy atom. The van der Waals surface area contributed by atoms with Gasteiger partial charge >= 0.3 is 5.97 Å². The zero-order valence-corrected chi connectivity index (χ0v) is 6.72. The largest absolute Gasteiger partial charge is 0.465 e. The van der Waals surface area contributed by atoms with E-state index in [2.05, 4.69) is 10.5 Å². The minimum Gasteiger partial charge on any atom is -0.465 e. The van der Waals surface area contributed by atoms with Gasteiger partial charge in [0.1, 0.15) is 0 Å². The molecule has 0 saturated carbocycles. The second-order valence-corrected chi connectivity index (χ2v) is 2.56. The molecular weight excluding hydrogens is 140 g/mol. The lowest BCUT2D eigenvalue weighted by atomic mass is 10.1. The van der Waals surface area contributed by atoms with Crippen molar-refractivity contribution in [1.29, 1.82) is 0 Å². The van der Waals surface area contributed by atoms with E-state index in [9.17, 15) is 4.79 Å². The van der Waals surface area contributed by atoms with E-state index in [1.807, 2.05) is 6.08 Å². The van der Waals surface area contributed by atoms with Gasteiger partial charge in [0, 0.05) is 0 Å². The molecule has 1 aliphatic rings. The fraction of sp³-hybridized carbons (Fsp3) is 0.556. The Morgan fingerprint density at radius 2 is 2.45 bits per heavy atom. The first-order valence-electron chi connectivity index (χ1n) is 3.87. The second kappa shape index (κ2) is 3.99. The first kappa shape index (κ1) is 8.09. The molecule has 0 radical (unpaired) electrons. The SMILES string of the molecule is COC(=O)C1=C=CCCCC1. The smallest absolute Gasteiger partial charge is 0.341 e. The Balaban J connectivity index is 2.68. The minimum atomic E-state index is -0.233. The molecule has 60 valence electrons. The molecule has 0 atom stereocenters. The van der Waals surface area contributed by atoms with Crippen LogP contribution in [0.3, 0.4) is 0 Å². The highest BCUT2D eigenvalue weighted by atomic mass is 16.5. The summed E-state index contributed by atoms with van der Waals surface area (Å²) in [6, 6.07) is 0. The van der Waals surface area contributed by atoms with Gasteiger partial charge in [-0.05, 0) is 31.8 Å². The van der Waals surface area contributed by atoms with Crippen LogP contribution in [0.25, 0.3) is 0 Å².